The highest BCUT2D eigenvalue weighted by molar-refractivity contribution is 5.94. The number of hydrogen-bond acceptors (Lipinski definition) is 4. The summed E-state index contributed by atoms with van der Waals surface area (Å²) in [5, 5.41) is 0. The Morgan fingerprint density at radius 2 is 2.04 bits per heavy atom. The minimum Gasteiger partial charge on any atom is -0.497 e. The van der Waals surface area contributed by atoms with Crippen molar-refractivity contribution in [3.05, 3.63) is 58.0 Å². The van der Waals surface area contributed by atoms with E-state index in [2.05, 4.69) is 4.98 Å². The predicted molar refractivity (Wildman–Crippen MR) is 89.6 cm³/mol. The fourth-order valence-corrected chi connectivity index (χ4v) is 3.14. The van der Waals surface area contributed by atoms with E-state index in [4.69, 9.17) is 9.47 Å². The Labute approximate surface area is 140 Å². The van der Waals surface area contributed by atoms with Crippen molar-refractivity contribution in [3.8, 4) is 11.5 Å². The molecule has 1 saturated heterocycles. The zero-order chi connectivity index (χ0) is 17.1. The molecule has 3 rings (SSSR count). The topological polar surface area (TPSA) is 71.6 Å². The maximum atomic E-state index is 12.8. The average Bonchev–Trinajstić information content (AvgIpc) is 3.10. The third-order valence-electron chi connectivity index (χ3n) is 4.34. The summed E-state index contributed by atoms with van der Waals surface area (Å²) in [7, 11) is 3.23. The van der Waals surface area contributed by atoms with Crippen LogP contribution in [0, 0.1) is 0 Å². The SMILES string of the molecule is COc1ccc(OC)c([C@@H]2CCCN2C(=O)c2ccc(=O)[nH]c2)c1. The number of rotatable bonds is 4. The fourth-order valence-electron chi connectivity index (χ4n) is 3.14. The highest BCUT2D eigenvalue weighted by Gasteiger charge is 2.32. The molecule has 0 unspecified atom stereocenters. The lowest BCUT2D eigenvalue weighted by atomic mass is 10.0. The van der Waals surface area contributed by atoms with Crippen molar-refractivity contribution < 1.29 is 14.3 Å². The van der Waals surface area contributed by atoms with Crippen LogP contribution in [0.25, 0.3) is 0 Å². The van der Waals surface area contributed by atoms with Gasteiger partial charge in [0.15, 0.2) is 0 Å². The molecule has 2 heterocycles. The number of pyridine rings is 1. The van der Waals surface area contributed by atoms with E-state index < -0.39 is 0 Å². The molecule has 0 spiro atoms. The highest BCUT2D eigenvalue weighted by Crippen LogP contribution is 2.39. The standard InChI is InChI=1S/C18H20N2O4/c1-23-13-6-7-16(24-2)14(10-13)15-4-3-9-20(15)18(22)12-5-8-17(21)19-11-12/h5-8,10-11,15H,3-4,9H2,1-2H3,(H,19,21)/t15-/m0/s1. The van der Waals surface area contributed by atoms with Crippen molar-refractivity contribution in [3.63, 3.8) is 0 Å². The van der Waals surface area contributed by atoms with Crippen molar-refractivity contribution in [2.24, 2.45) is 0 Å². The number of amides is 1. The van der Waals surface area contributed by atoms with Gasteiger partial charge < -0.3 is 19.4 Å². The lowest BCUT2D eigenvalue weighted by molar-refractivity contribution is 0.0733. The number of carbonyl (C=O) groups is 1. The number of aromatic amines is 1. The van der Waals surface area contributed by atoms with Crippen LogP contribution < -0.4 is 15.0 Å². The molecule has 1 atom stereocenters. The quantitative estimate of drug-likeness (QED) is 0.935. The van der Waals surface area contributed by atoms with Crippen LogP contribution in [-0.2, 0) is 0 Å². The smallest absolute Gasteiger partial charge is 0.255 e. The van der Waals surface area contributed by atoms with Crippen LogP contribution >= 0.6 is 0 Å². The summed E-state index contributed by atoms with van der Waals surface area (Å²) in [6.07, 6.45) is 3.24. The summed E-state index contributed by atoms with van der Waals surface area (Å²) in [6, 6.07) is 8.46. The van der Waals surface area contributed by atoms with Crippen molar-refractivity contribution in [1.82, 2.24) is 9.88 Å². The number of carbonyl (C=O) groups excluding carboxylic acids is 1. The van der Waals surface area contributed by atoms with Gasteiger partial charge in [0.2, 0.25) is 5.56 Å². The third-order valence-corrected chi connectivity index (χ3v) is 4.34. The van der Waals surface area contributed by atoms with Gasteiger partial charge in [-0.1, -0.05) is 0 Å². The molecule has 126 valence electrons. The lowest BCUT2D eigenvalue weighted by Gasteiger charge is -2.26. The molecule has 1 aliphatic rings. The minimum atomic E-state index is -0.223. The highest BCUT2D eigenvalue weighted by atomic mass is 16.5. The Balaban J connectivity index is 1.94. The zero-order valence-corrected chi connectivity index (χ0v) is 13.7. The second-order valence-corrected chi connectivity index (χ2v) is 5.71. The summed E-state index contributed by atoms with van der Waals surface area (Å²) in [6.45, 7) is 0.670. The molecule has 6 nitrogen and oxygen atoms in total. The number of nitrogens with zero attached hydrogens (tertiary/aromatic N) is 1. The molecule has 1 N–H and O–H groups in total. The number of nitrogens with one attached hydrogen (secondary N) is 1. The van der Waals surface area contributed by atoms with Crippen LogP contribution in [0.5, 0.6) is 11.5 Å². The van der Waals surface area contributed by atoms with Gasteiger partial charge in [0.05, 0.1) is 25.8 Å². The lowest BCUT2D eigenvalue weighted by Crippen LogP contribution is -2.31. The van der Waals surface area contributed by atoms with Crippen LogP contribution in [-0.4, -0.2) is 36.6 Å². The second-order valence-electron chi connectivity index (χ2n) is 5.71. The summed E-state index contributed by atoms with van der Waals surface area (Å²) >= 11 is 0. The van der Waals surface area contributed by atoms with Crippen LogP contribution in [0.4, 0.5) is 0 Å². The Morgan fingerprint density at radius 3 is 2.71 bits per heavy atom. The molecule has 1 aromatic heterocycles. The van der Waals surface area contributed by atoms with E-state index in [1.54, 1.807) is 20.3 Å². The van der Waals surface area contributed by atoms with Gasteiger partial charge in [-0.25, -0.2) is 0 Å². The molecule has 0 bridgehead atoms. The van der Waals surface area contributed by atoms with Gasteiger partial charge in [-0.3, -0.25) is 9.59 Å². The number of ether oxygens (including phenoxy) is 2. The van der Waals surface area contributed by atoms with Gasteiger partial charge in [-0.2, -0.15) is 0 Å². The van der Waals surface area contributed by atoms with Gasteiger partial charge >= 0.3 is 0 Å². The van der Waals surface area contributed by atoms with Gasteiger partial charge in [0.1, 0.15) is 11.5 Å². The molecule has 2 aromatic rings. The molecule has 1 aliphatic heterocycles. The van der Waals surface area contributed by atoms with Crippen molar-refractivity contribution in [1.29, 1.82) is 0 Å². The second kappa shape index (κ2) is 6.78. The first-order valence-electron chi connectivity index (χ1n) is 7.85. The van der Waals surface area contributed by atoms with Crippen molar-refractivity contribution >= 4 is 5.91 Å². The van der Waals surface area contributed by atoms with E-state index in [1.807, 2.05) is 23.1 Å². The maximum absolute atomic E-state index is 12.8. The Morgan fingerprint density at radius 1 is 1.21 bits per heavy atom. The van der Waals surface area contributed by atoms with E-state index >= 15 is 0 Å². The Kier molecular flexibility index (Phi) is 4.55. The van der Waals surface area contributed by atoms with Crippen LogP contribution in [0.3, 0.4) is 0 Å². The van der Waals surface area contributed by atoms with Crippen molar-refractivity contribution in [2.75, 3.05) is 20.8 Å². The summed E-state index contributed by atoms with van der Waals surface area (Å²) in [5.74, 6) is 1.37. The van der Waals surface area contributed by atoms with Gasteiger partial charge in [-0.15, -0.1) is 0 Å². The fraction of sp³-hybridized carbons (Fsp3) is 0.333. The molecule has 1 amide bonds. The van der Waals surface area contributed by atoms with Crippen LogP contribution in [0.15, 0.2) is 41.3 Å². The molecule has 6 heteroatoms. The first-order chi connectivity index (χ1) is 11.6. The summed E-state index contributed by atoms with van der Waals surface area (Å²) < 4.78 is 10.8. The largest absolute Gasteiger partial charge is 0.497 e. The maximum Gasteiger partial charge on any atom is 0.255 e. The van der Waals surface area contributed by atoms with Gasteiger partial charge in [0, 0.05) is 24.4 Å². The third kappa shape index (κ3) is 2.99. The van der Waals surface area contributed by atoms with Crippen LogP contribution in [0.1, 0.15) is 34.8 Å². The number of aromatic nitrogens is 1. The monoisotopic (exact) mass is 328 g/mol. The van der Waals surface area contributed by atoms with Crippen LogP contribution in [0.2, 0.25) is 0 Å². The molecule has 1 fully saturated rings. The normalized spacial score (nSPS) is 16.9. The number of methoxy groups -OCH3 is 2. The van der Waals surface area contributed by atoms with E-state index in [-0.39, 0.29) is 17.5 Å². The Bertz CT molecular complexity index is 779. The molecular formula is C18H20N2O4. The zero-order valence-electron chi connectivity index (χ0n) is 13.7. The van der Waals surface area contributed by atoms with E-state index in [0.29, 0.717) is 12.1 Å². The number of benzene rings is 1. The first-order valence-corrected chi connectivity index (χ1v) is 7.85. The van der Waals surface area contributed by atoms with E-state index in [1.165, 1.54) is 12.3 Å². The number of likely N-dealkylation sites (tertiary alicyclic amines) is 1. The number of hydrogen-bond donors (Lipinski definition) is 1. The molecule has 0 radical (unpaired) electrons. The molecule has 1 aromatic carbocycles. The number of H-pyrrole nitrogens is 1. The predicted octanol–water partition coefficient (Wildman–Crippen LogP) is 2.37. The van der Waals surface area contributed by atoms with Crippen molar-refractivity contribution in [2.45, 2.75) is 18.9 Å². The van der Waals surface area contributed by atoms with E-state index in [9.17, 15) is 9.59 Å². The summed E-state index contributed by atoms with van der Waals surface area (Å²) in [5.41, 5.74) is 1.19. The summed E-state index contributed by atoms with van der Waals surface area (Å²) in [4.78, 5) is 28.4. The molecule has 24 heavy (non-hydrogen) atoms. The van der Waals surface area contributed by atoms with E-state index in [0.717, 1.165) is 29.9 Å². The minimum absolute atomic E-state index is 0.0746. The average molecular weight is 328 g/mol. The first kappa shape index (κ1) is 16.1. The van der Waals surface area contributed by atoms with Gasteiger partial charge in [-0.05, 0) is 37.1 Å². The Hall–Kier alpha value is -2.76. The molecular weight excluding hydrogens is 308 g/mol. The van der Waals surface area contributed by atoms with Gasteiger partial charge in [0.25, 0.3) is 5.91 Å². The molecule has 0 aliphatic carbocycles. The molecule has 0 saturated carbocycles.